The van der Waals surface area contributed by atoms with Crippen molar-refractivity contribution >= 4 is 5.97 Å². The zero-order valence-corrected chi connectivity index (χ0v) is 8.49. The summed E-state index contributed by atoms with van der Waals surface area (Å²) in [4.78, 5) is 14.5. The molecule has 6 nitrogen and oxygen atoms in total. The number of carboxylic acids is 1. The molecule has 0 atom stereocenters. The van der Waals surface area contributed by atoms with Gasteiger partial charge in [0.15, 0.2) is 0 Å². The molecule has 6 heteroatoms. The van der Waals surface area contributed by atoms with E-state index in [1.807, 2.05) is 0 Å². The van der Waals surface area contributed by atoms with Gasteiger partial charge in [-0.2, -0.15) is 4.98 Å². The van der Waals surface area contributed by atoms with Gasteiger partial charge >= 0.3 is 12.0 Å². The molecular formula is C10H9N3O3. The summed E-state index contributed by atoms with van der Waals surface area (Å²) in [6.45, 7) is 0. The average molecular weight is 219 g/mol. The summed E-state index contributed by atoms with van der Waals surface area (Å²) in [6.07, 6.45) is 1.51. The van der Waals surface area contributed by atoms with E-state index in [0.717, 1.165) is 0 Å². The number of aromatic carboxylic acids is 1. The van der Waals surface area contributed by atoms with Gasteiger partial charge in [-0.1, -0.05) is 0 Å². The molecule has 0 saturated heterocycles. The molecule has 1 aromatic heterocycles. The maximum absolute atomic E-state index is 10.6. The minimum absolute atomic E-state index is 0.210. The van der Waals surface area contributed by atoms with Gasteiger partial charge in [0.2, 0.25) is 0 Å². The number of ether oxygens (including phenoxy) is 1. The summed E-state index contributed by atoms with van der Waals surface area (Å²) in [6, 6.07) is 6.26. The molecule has 0 saturated carbocycles. The quantitative estimate of drug-likeness (QED) is 0.841. The van der Waals surface area contributed by atoms with Gasteiger partial charge in [-0.3, -0.25) is 4.68 Å². The molecule has 1 heterocycles. The maximum atomic E-state index is 10.6. The van der Waals surface area contributed by atoms with Crippen LogP contribution in [0.3, 0.4) is 0 Å². The first kappa shape index (κ1) is 10.2. The van der Waals surface area contributed by atoms with Gasteiger partial charge < -0.3 is 9.84 Å². The molecule has 82 valence electrons. The van der Waals surface area contributed by atoms with Crippen molar-refractivity contribution in [3.8, 4) is 11.8 Å². The number of aryl methyl sites for hydroxylation is 1. The predicted octanol–water partition coefficient (Wildman–Crippen LogP) is 1.31. The second-order valence-corrected chi connectivity index (χ2v) is 3.13. The van der Waals surface area contributed by atoms with Crippen LogP contribution in [0.25, 0.3) is 0 Å². The van der Waals surface area contributed by atoms with E-state index in [9.17, 15) is 4.79 Å². The molecule has 0 amide bonds. The van der Waals surface area contributed by atoms with E-state index < -0.39 is 5.97 Å². The fourth-order valence-corrected chi connectivity index (χ4v) is 1.14. The monoisotopic (exact) mass is 219 g/mol. The Morgan fingerprint density at radius 2 is 2.06 bits per heavy atom. The first-order valence-electron chi connectivity index (χ1n) is 4.52. The van der Waals surface area contributed by atoms with E-state index in [2.05, 4.69) is 10.1 Å². The number of aromatic nitrogens is 3. The summed E-state index contributed by atoms with van der Waals surface area (Å²) >= 11 is 0. The minimum atomic E-state index is -0.970. The second-order valence-electron chi connectivity index (χ2n) is 3.13. The molecule has 0 unspecified atom stereocenters. The number of rotatable bonds is 3. The normalized spacial score (nSPS) is 10.1. The van der Waals surface area contributed by atoms with Crippen LogP contribution in [0.2, 0.25) is 0 Å². The van der Waals surface area contributed by atoms with Crippen LogP contribution in [0, 0.1) is 0 Å². The van der Waals surface area contributed by atoms with Gasteiger partial charge in [0, 0.05) is 7.05 Å². The highest BCUT2D eigenvalue weighted by molar-refractivity contribution is 5.87. The fraction of sp³-hybridized carbons (Fsp3) is 0.100. The summed E-state index contributed by atoms with van der Waals surface area (Å²) in [5.74, 6) is -0.473. The van der Waals surface area contributed by atoms with Gasteiger partial charge in [0.25, 0.3) is 0 Å². The summed E-state index contributed by atoms with van der Waals surface area (Å²) in [7, 11) is 1.73. The summed E-state index contributed by atoms with van der Waals surface area (Å²) in [5, 5.41) is 12.6. The molecule has 0 aliphatic rings. The third kappa shape index (κ3) is 2.17. The largest absolute Gasteiger partial charge is 0.478 e. The average Bonchev–Trinajstić information content (AvgIpc) is 2.65. The first-order valence-corrected chi connectivity index (χ1v) is 4.52. The Kier molecular flexibility index (Phi) is 2.55. The zero-order valence-electron chi connectivity index (χ0n) is 8.49. The molecule has 16 heavy (non-hydrogen) atoms. The highest BCUT2D eigenvalue weighted by Gasteiger charge is 2.04. The lowest BCUT2D eigenvalue weighted by molar-refractivity contribution is 0.0697. The van der Waals surface area contributed by atoms with Crippen molar-refractivity contribution in [2.45, 2.75) is 0 Å². The van der Waals surface area contributed by atoms with Crippen LogP contribution < -0.4 is 4.74 Å². The molecule has 0 aliphatic carbocycles. The number of nitrogens with zero attached hydrogens (tertiary/aromatic N) is 3. The highest BCUT2D eigenvalue weighted by Crippen LogP contribution is 2.17. The number of carbonyl (C=O) groups is 1. The molecule has 0 fully saturated rings. The Balaban J connectivity index is 2.14. The van der Waals surface area contributed by atoms with Crippen LogP contribution in [0.15, 0.2) is 30.6 Å². The Bertz CT molecular complexity index is 504. The molecule has 2 rings (SSSR count). The summed E-state index contributed by atoms with van der Waals surface area (Å²) in [5.41, 5.74) is 0.210. The first-order chi connectivity index (χ1) is 7.65. The van der Waals surface area contributed by atoms with E-state index in [1.165, 1.54) is 23.1 Å². The smallest absolute Gasteiger partial charge is 0.340 e. The number of benzene rings is 1. The molecule has 0 radical (unpaired) electrons. The van der Waals surface area contributed by atoms with Crippen LogP contribution >= 0.6 is 0 Å². The van der Waals surface area contributed by atoms with Crippen molar-refractivity contribution < 1.29 is 14.6 Å². The molecule has 0 bridgehead atoms. The Hall–Kier alpha value is -2.37. The topological polar surface area (TPSA) is 77.2 Å². The lowest BCUT2D eigenvalue weighted by atomic mass is 10.2. The van der Waals surface area contributed by atoms with E-state index in [-0.39, 0.29) is 11.6 Å². The van der Waals surface area contributed by atoms with Gasteiger partial charge in [-0.25, -0.2) is 4.79 Å². The lowest BCUT2D eigenvalue weighted by Crippen LogP contribution is -1.95. The van der Waals surface area contributed by atoms with Crippen molar-refractivity contribution in [2.75, 3.05) is 0 Å². The molecule has 2 aromatic rings. The van der Waals surface area contributed by atoms with Gasteiger partial charge in [-0.05, 0) is 24.3 Å². The predicted molar refractivity (Wildman–Crippen MR) is 54.5 cm³/mol. The van der Waals surface area contributed by atoms with Crippen molar-refractivity contribution in [2.24, 2.45) is 7.05 Å². The Labute approximate surface area is 91.1 Å². The minimum Gasteiger partial charge on any atom is -0.478 e. The fourth-order valence-electron chi connectivity index (χ4n) is 1.14. The van der Waals surface area contributed by atoms with E-state index in [0.29, 0.717) is 5.75 Å². The molecular weight excluding hydrogens is 210 g/mol. The van der Waals surface area contributed by atoms with Crippen molar-refractivity contribution in [1.82, 2.24) is 14.8 Å². The van der Waals surface area contributed by atoms with Crippen LogP contribution in [-0.4, -0.2) is 25.8 Å². The lowest BCUT2D eigenvalue weighted by Gasteiger charge is -2.00. The number of carboxylic acid groups (broad SMARTS) is 1. The van der Waals surface area contributed by atoms with Crippen LogP contribution in [0.5, 0.6) is 11.8 Å². The Morgan fingerprint density at radius 3 is 2.56 bits per heavy atom. The van der Waals surface area contributed by atoms with Crippen LogP contribution in [0.4, 0.5) is 0 Å². The number of hydrogen-bond donors (Lipinski definition) is 1. The number of hydrogen-bond acceptors (Lipinski definition) is 4. The van der Waals surface area contributed by atoms with Gasteiger partial charge in [0.1, 0.15) is 12.1 Å². The zero-order chi connectivity index (χ0) is 11.5. The third-order valence-corrected chi connectivity index (χ3v) is 1.89. The summed E-state index contributed by atoms with van der Waals surface area (Å²) < 4.78 is 6.81. The van der Waals surface area contributed by atoms with E-state index in [1.54, 1.807) is 19.2 Å². The highest BCUT2D eigenvalue weighted by atomic mass is 16.5. The van der Waals surface area contributed by atoms with Crippen LogP contribution in [-0.2, 0) is 7.05 Å². The molecule has 0 spiro atoms. The maximum Gasteiger partial charge on any atom is 0.340 e. The second kappa shape index (κ2) is 4.01. The van der Waals surface area contributed by atoms with Crippen LogP contribution in [0.1, 0.15) is 10.4 Å². The molecule has 0 aliphatic heterocycles. The van der Waals surface area contributed by atoms with Gasteiger partial charge in [-0.15, -0.1) is 5.10 Å². The van der Waals surface area contributed by atoms with Crippen molar-refractivity contribution in [3.63, 3.8) is 0 Å². The molecule has 1 N–H and O–H groups in total. The van der Waals surface area contributed by atoms with Gasteiger partial charge in [0.05, 0.1) is 5.56 Å². The SMILES string of the molecule is Cn1cnc(Oc2ccc(C(=O)O)cc2)n1. The Morgan fingerprint density at radius 1 is 1.38 bits per heavy atom. The van der Waals surface area contributed by atoms with E-state index >= 15 is 0 Å². The van der Waals surface area contributed by atoms with Crippen molar-refractivity contribution in [1.29, 1.82) is 0 Å². The standard InChI is InChI=1S/C10H9N3O3/c1-13-6-11-10(12-13)16-8-4-2-7(3-5-8)9(14)15/h2-6H,1H3,(H,14,15). The van der Waals surface area contributed by atoms with Crippen molar-refractivity contribution in [3.05, 3.63) is 36.2 Å². The third-order valence-electron chi connectivity index (χ3n) is 1.89. The van der Waals surface area contributed by atoms with E-state index in [4.69, 9.17) is 9.84 Å². The molecule has 1 aromatic carbocycles.